The normalized spacial score (nSPS) is 11.9. The van der Waals surface area contributed by atoms with Gasteiger partial charge in [-0.2, -0.15) is 0 Å². The van der Waals surface area contributed by atoms with Gasteiger partial charge in [0, 0.05) is 5.39 Å². The van der Waals surface area contributed by atoms with Crippen LogP contribution >= 0.6 is 11.3 Å². The molecule has 0 unspecified atom stereocenters. The van der Waals surface area contributed by atoms with Crippen molar-refractivity contribution < 1.29 is 5.11 Å². The highest BCUT2D eigenvalue weighted by molar-refractivity contribution is 7.21. The molecule has 0 atom stereocenters. The second-order valence-electron chi connectivity index (χ2n) is 5.04. The summed E-state index contributed by atoms with van der Waals surface area (Å²) < 4.78 is 1.08. The molecule has 0 saturated carbocycles. The Kier molecular flexibility index (Phi) is 2.90. The van der Waals surface area contributed by atoms with Crippen LogP contribution in [0, 0.1) is 6.92 Å². The summed E-state index contributed by atoms with van der Waals surface area (Å²) in [4.78, 5) is 7.31. The van der Waals surface area contributed by atoms with E-state index in [2.05, 4.69) is 26.3 Å². The highest BCUT2D eigenvalue weighted by Crippen LogP contribution is 2.37. The molecule has 2 aromatic carbocycles. The number of H-pyrrole nitrogens is 1. The Hall–Kier alpha value is -2.73. The number of hydrogen-bond acceptors (Lipinski definition) is 5. The van der Waals surface area contributed by atoms with Gasteiger partial charge in [-0.25, -0.2) is 4.98 Å². The topological polar surface area (TPSA) is 73.6 Å². The van der Waals surface area contributed by atoms with E-state index in [4.69, 9.17) is 0 Å². The number of aryl methyl sites for hydroxylation is 1. The molecule has 0 spiro atoms. The van der Waals surface area contributed by atoms with Gasteiger partial charge in [0.05, 0.1) is 15.7 Å². The Balaban J connectivity index is 1.77. The summed E-state index contributed by atoms with van der Waals surface area (Å²) >= 11 is 1.48. The van der Waals surface area contributed by atoms with Gasteiger partial charge in [0.15, 0.2) is 5.69 Å². The standard InChI is InChI=1S/C16H12N4OS/c1-9-6-7-12-13(8-9)22-16(18-12)20-19-14-10-4-2-3-5-11(10)17-15(14)21/h2-8,17,21H,1H3. The molecule has 4 rings (SSSR count). The number of para-hydroxylation sites is 1. The van der Waals surface area contributed by atoms with E-state index < -0.39 is 0 Å². The summed E-state index contributed by atoms with van der Waals surface area (Å²) in [5, 5.41) is 19.7. The highest BCUT2D eigenvalue weighted by atomic mass is 32.1. The summed E-state index contributed by atoms with van der Waals surface area (Å²) in [7, 11) is 0. The lowest BCUT2D eigenvalue weighted by Gasteiger charge is -1.89. The van der Waals surface area contributed by atoms with Gasteiger partial charge in [-0.05, 0) is 30.7 Å². The van der Waals surface area contributed by atoms with E-state index in [0.717, 1.165) is 21.1 Å². The second kappa shape index (κ2) is 4.92. The van der Waals surface area contributed by atoms with Gasteiger partial charge >= 0.3 is 0 Å². The Morgan fingerprint density at radius 3 is 2.91 bits per heavy atom. The van der Waals surface area contributed by atoms with Gasteiger partial charge < -0.3 is 10.1 Å². The fraction of sp³-hybridized carbons (Fsp3) is 0.0625. The van der Waals surface area contributed by atoms with E-state index in [-0.39, 0.29) is 5.88 Å². The van der Waals surface area contributed by atoms with Crippen LogP contribution in [0.5, 0.6) is 5.88 Å². The maximum Gasteiger partial charge on any atom is 0.231 e. The molecule has 108 valence electrons. The third kappa shape index (κ3) is 2.14. The number of benzene rings is 2. The zero-order valence-electron chi connectivity index (χ0n) is 11.7. The average molecular weight is 308 g/mol. The Bertz CT molecular complexity index is 1020. The van der Waals surface area contributed by atoms with Crippen LogP contribution in [0.4, 0.5) is 10.8 Å². The van der Waals surface area contributed by atoms with Gasteiger partial charge in [-0.1, -0.05) is 35.6 Å². The molecule has 2 N–H and O–H groups in total. The number of rotatable bonds is 2. The second-order valence-corrected chi connectivity index (χ2v) is 6.04. The molecular weight excluding hydrogens is 296 g/mol. The zero-order chi connectivity index (χ0) is 15.1. The molecule has 0 bridgehead atoms. The molecule has 0 saturated heterocycles. The van der Waals surface area contributed by atoms with E-state index in [1.54, 1.807) is 0 Å². The first-order valence-corrected chi connectivity index (χ1v) is 7.61. The first-order valence-electron chi connectivity index (χ1n) is 6.79. The number of azo groups is 1. The van der Waals surface area contributed by atoms with Crippen molar-refractivity contribution in [2.45, 2.75) is 6.92 Å². The van der Waals surface area contributed by atoms with E-state index in [1.807, 2.05) is 43.3 Å². The molecule has 0 radical (unpaired) electrons. The molecule has 22 heavy (non-hydrogen) atoms. The van der Waals surface area contributed by atoms with Crippen LogP contribution in [0.2, 0.25) is 0 Å². The minimum atomic E-state index is 0.0157. The maximum absolute atomic E-state index is 9.96. The minimum Gasteiger partial charge on any atom is -0.493 e. The lowest BCUT2D eigenvalue weighted by atomic mass is 10.2. The van der Waals surface area contributed by atoms with Crippen molar-refractivity contribution >= 4 is 43.3 Å². The molecule has 0 fully saturated rings. The first kappa shape index (κ1) is 13.0. The number of nitrogens with zero attached hydrogens (tertiary/aromatic N) is 3. The van der Waals surface area contributed by atoms with Crippen LogP contribution in [-0.2, 0) is 0 Å². The zero-order valence-corrected chi connectivity index (χ0v) is 12.6. The summed E-state index contributed by atoms with van der Waals surface area (Å²) in [6, 6.07) is 13.6. The molecule has 5 nitrogen and oxygen atoms in total. The Labute approximate surface area is 130 Å². The number of fused-ring (bicyclic) bond motifs is 2. The lowest BCUT2D eigenvalue weighted by molar-refractivity contribution is 0.459. The summed E-state index contributed by atoms with van der Waals surface area (Å²) in [6.45, 7) is 2.05. The molecule has 0 aliphatic carbocycles. The van der Waals surface area contributed by atoms with E-state index in [1.165, 1.54) is 16.9 Å². The maximum atomic E-state index is 9.96. The Morgan fingerprint density at radius 1 is 1.14 bits per heavy atom. The molecule has 0 aliphatic heterocycles. The van der Waals surface area contributed by atoms with Crippen molar-refractivity contribution in [2.24, 2.45) is 10.2 Å². The summed E-state index contributed by atoms with van der Waals surface area (Å²) in [6.07, 6.45) is 0. The van der Waals surface area contributed by atoms with Gasteiger partial charge in [-0.15, -0.1) is 10.2 Å². The molecular formula is C16H12N4OS. The highest BCUT2D eigenvalue weighted by Gasteiger charge is 2.10. The molecule has 0 aliphatic rings. The van der Waals surface area contributed by atoms with Crippen LogP contribution < -0.4 is 0 Å². The predicted molar refractivity (Wildman–Crippen MR) is 88.5 cm³/mol. The fourth-order valence-corrected chi connectivity index (χ4v) is 3.25. The average Bonchev–Trinajstić information content (AvgIpc) is 3.04. The number of aromatic hydroxyl groups is 1. The van der Waals surface area contributed by atoms with Crippen molar-refractivity contribution in [1.82, 2.24) is 9.97 Å². The number of aromatic nitrogens is 2. The van der Waals surface area contributed by atoms with Crippen molar-refractivity contribution in [2.75, 3.05) is 0 Å². The van der Waals surface area contributed by atoms with Crippen molar-refractivity contribution in [3.63, 3.8) is 0 Å². The third-order valence-electron chi connectivity index (χ3n) is 3.43. The number of aromatic amines is 1. The van der Waals surface area contributed by atoms with E-state index in [9.17, 15) is 5.11 Å². The van der Waals surface area contributed by atoms with Crippen molar-refractivity contribution in [3.05, 3.63) is 48.0 Å². The number of thiazole rings is 1. The van der Waals surface area contributed by atoms with Crippen LogP contribution in [0.25, 0.3) is 21.1 Å². The van der Waals surface area contributed by atoms with Gasteiger partial charge in [0.1, 0.15) is 0 Å². The van der Waals surface area contributed by atoms with Crippen LogP contribution in [0.15, 0.2) is 52.7 Å². The monoisotopic (exact) mass is 308 g/mol. The van der Waals surface area contributed by atoms with Gasteiger partial charge in [-0.3, -0.25) is 0 Å². The van der Waals surface area contributed by atoms with Crippen molar-refractivity contribution in [1.29, 1.82) is 0 Å². The smallest absolute Gasteiger partial charge is 0.231 e. The predicted octanol–water partition coefficient (Wildman–Crippen LogP) is 5.21. The third-order valence-corrected chi connectivity index (χ3v) is 4.33. The molecule has 6 heteroatoms. The SMILES string of the molecule is Cc1ccc2nc(N=Nc3c(O)[nH]c4ccccc34)sc2c1. The first-order chi connectivity index (χ1) is 10.7. The van der Waals surface area contributed by atoms with Crippen molar-refractivity contribution in [3.8, 4) is 5.88 Å². The van der Waals surface area contributed by atoms with Gasteiger partial charge in [0.25, 0.3) is 0 Å². The molecule has 0 amide bonds. The van der Waals surface area contributed by atoms with Crippen LogP contribution in [-0.4, -0.2) is 15.1 Å². The fourth-order valence-electron chi connectivity index (χ4n) is 2.37. The summed E-state index contributed by atoms with van der Waals surface area (Å²) in [5.74, 6) is 0.0157. The number of nitrogens with one attached hydrogen (secondary N) is 1. The molecule has 4 aromatic rings. The van der Waals surface area contributed by atoms with E-state index >= 15 is 0 Å². The van der Waals surface area contributed by atoms with Crippen LogP contribution in [0.1, 0.15) is 5.56 Å². The number of hydrogen-bond donors (Lipinski definition) is 2. The molecule has 2 heterocycles. The van der Waals surface area contributed by atoms with Crippen LogP contribution in [0.3, 0.4) is 0 Å². The quantitative estimate of drug-likeness (QED) is 0.499. The summed E-state index contributed by atoms with van der Waals surface area (Å²) in [5.41, 5.74) is 3.36. The minimum absolute atomic E-state index is 0.0157. The largest absolute Gasteiger partial charge is 0.493 e. The van der Waals surface area contributed by atoms with E-state index in [0.29, 0.717) is 10.8 Å². The molecule has 2 aromatic heterocycles. The Morgan fingerprint density at radius 2 is 2.00 bits per heavy atom. The lowest BCUT2D eigenvalue weighted by Crippen LogP contribution is -1.69. The van der Waals surface area contributed by atoms with Gasteiger partial charge in [0.2, 0.25) is 11.0 Å².